The molecule has 0 bridgehead atoms. The third kappa shape index (κ3) is 3.15. The molecule has 2 aromatic heterocycles. The molecular formula is C15H13N5O3. The number of aromatic nitrogens is 4. The lowest BCUT2D eigenvalue weighted by Crippen LogP contribution is -2.26. The number of carbonyl (C=O) groups is 1. The quantitative estimate of drug-likeness (QED) is 0.741. The van der Waals surface area contributed by atoms with Crippen molar-refractivity contribution in [1.29, 1.82) is 0 Å². The van der Waals surface area contributed by atoms with E-state index in [1.54, 1.807) is 30.3 Å². The average Bonchev–Trinajstić information content (AvgIpc) is 2.57. The molecule has 0 atom stereocenters. The highest BCUT2D eigenvalue weighted by atomic mass is 16.3. The Labute approximate surface area is 130 Å². The fraction of sp³-hybridized carbons (Fsp3) is 0.133. The van der Waals surface area contributed by atoms with Crippen LogP contribution in [-0.2, 0) is 11.3 Å². The summed E-state index contributed by atoms with van der Waals surface area (Å²) in [5.74, 6) is -0.432. The minimum Gasteiger partial charge on any atom is -0.504 e. The Morgan fingerprint density at radius 1 is 1.22 bits per heavy atom. The maximum atomic E-state index is 12.2. The van der Waals surface area contributed by atoms with Gasteiger partial charge in [-0.1, -0.05) is 17.3 Å². The fourth-order valence-corrected chi connectivity index (χ4v) is 2.06. The van der Waals surface area contributed by atoms with Gasteiger partial charge in [0.15, 0.2) is 11.6 Å². The number of hydrogen-bond acceptors (Lipinski definition) is 6. The highest BCUT2D eigenvalue weighted by Gasteiger charge is 2.10. The molecule has 8 nitrogen and oxygen atoms in total. The molecule has 0 saturated heterocycles. The molecule has 0 radical (unpaired) electrons. The van der Waals surface area contributed by atoms with Crippen LogP contribution < -0.4 is 10.9 Å². The van der Waals surface area contributed by atoms with E-state index >= 15 is 0 Å². The SMILES string of the molecule is O=C(CCn1nnc2ccccc2c1=O)Nc1ncccc1O. The highest BCUT2D eigenvalue weighted by Crippen LogP contribution is 2.18. The molecule has 0 saturated carbocycles. The summed E-state index contributed by atoms with van der Waals surface area (Å²) < 4.78 is 1.14. The first-order valence-electron chi connectivity index (χ1n) is 6.91. The van der Waals surface area contributed by atoms with E-state index in [1.165, 1.54) is 12.3 Å². The first-order valence-corrected chi connectivity index (χ1v) is 6.91. The number of carbonyl (C=O) groups excluding carboxylic acids is 1. The Kier molecular flexibility index (Phi) is 3.96. The molecule has 23 heavy (non-hydrogen) atoms. The maximum absolute atomic E-state index is 12.2. The number of amides is 1. The number of anilines is 1. The van der Waals surface area contributed by atoms with Crippen LogP contribution in [0.5, 0.6) is 5.75 Å². The minimum atomic E-state index is -0.388. The summed E-state index contributed by atoms with van der Waals surface area (Å²) in [4.78, 5) is 28.0. The van der Waals surface area contributed by atoms with Gasteiger partial charge in [0.05, 0.1) is 11.9 Å². The largest absolute Gasteiger partial charge is 0.504 e. The topological polar surface area (TPSA) is 110 Å². The van der Waals surface area contributed by atoms with Gasteiger partial charge in [-0.25, -0.2) is 9.67 Å². The second-order valence-corrected chi connectivity index (χ2v) is 4.80. The van der Waals surface area contributed by atoms with Gasteiger partial charge in [0.1, 0.15) is 5.52 Å². The van der Waals surface area contributed by atoms with Crippen molar-refractivity contribution in [3.05, 3.63) is 52.9 Å². The first-order chi connectivity index (χ1) is 11.1. The van der Waals surface area contributed by atoms with Gasteiger partial charge in [0.25, 0.3) is 5.56 Å². The van der Waals surface area contributed by atoms with Crippen LogP contribution in [0.3, 0.4) is 0 Å². The second-order valence-electron chi connectivity index (χ2n) is 4.80. The second kappa shape index (κ2) is 6.22. The number of aryl methyl sites for hydroxylation is 1. The molecule has 1 aromatic carbocycles. The van der Waals surface area contributed by atoms with E-state index in [4.69, 9.17) is 0 Å². The number of aromatic hydroxyl groups is 1. The standard InChI is InChI=1S/C15H13N5O3/c21-12-6-3-8-16-14(12)17-13(22)7-9-20-15(23)10-4-1-2-5-11(10)18-19-20/h1-6,8,21H,7,9H2,(H,16,17,22). The molecule has 3 aromatic rings. The van der Waals surface area contributed by atoms with Crippen LogP contribution in [0.2, 0.25) is 0 Å². The van der Waals surface area contributed by atoms with Crippen molar-refractivity contribution in [2.75, 3.05) is 5.32 Å². The van der Waals surface area contributed by atoms with E-state index in [0.717, 1.165) is 4.68 Å². The summed E-state index contributed by atoms with van der Waals surface area (Å²) in [7, 11) is 0. The number of fused-ring (bicyclic) bond motifs is 1. The smallest absolute Gasteiger partial charge is 0.277 e. The molecule has 8 heteroatoms. The Morgan fingerprint density at radius 3 is 2.87 bits per heavy atom. The molecule has 3 rings (SSSR count). The van der Waals surface area contributed by atoms with Crippen LogP contribution in [0.4, 0.5) is 5.82 Å². The zero-order valence-corrected chi connectivity index (χ0v) is 12.0. The zero-order valence-electron chi connectivity index (χ0n) is 12.0. The highest BCUT2D eigenvalue weighted by molar-refractivity contribution is 5.90. The average molecular weight is 311 g/mol. The summed E-state index contributed by atoms with van der Waals surface area (Å²) >= 11 is 0. The van der Waals surface area contributed by atoms with Gasteiger partial charge in [0, 0.05) is 12.6 Å². The van der Waals surface area contributed by atoms with Crippen molar-refractivity contribution in [2.24, 2.45) is 0 Å². The molecule has 0 aliphatic rings. The Bertz CT molecular complexity index is 922. The van der Waals surface area contributed by atoms with Crippen LogP contribution in [0.15, 0.2) is 47.4 Å². The molecule has 0 spiro atoms. The van der Waals surface area contributed by atoms with E-state index in [-0.39, 0.29) is 36.0 Å². The number of pyridine rings is 1. The van der Waals surface area contributed by atoms with Gasteiger partial charge in [-0.15, -0.1) is 5.10 Å². The van der Waals surface area contributed by atoms with Crippen molar-refractivity contribution in [3.8, 4) is 5.75 Å². The summed E-state index contributed by atoms with van der Waals surface area (Å²) in [6.07, 6.45) is 1.46. The Hall–Kier alpha value is -3.29. The Balaban J connectivity index is 1.71. The molecule has 2 heterocycles. The van der Waals surface area contributed by atoms with E-state index in [9.17, 15) is 14.7 Å². The summed E-state index contributed by atoms with van der Waals surface area (Å²) in [6, 6.07) is 9.84. The predicted octanol–water partition coefficient (Wildman–Crippen LogP) is 0.921. The van der Waals surface area contributed by atoms with E-state index in [0.29, 0.717) is 10.9 Å². The van der Waals surface area contributed by atoms with Gasteiger partial charge >= 0.3 is 0 Å². The van der Waals surface area contributed by atoms with Crippen LogP contribution in [0.25, 0.3) is 10.9 Å². The minimum absolute atomic E-state index is 0.00292. The maximum Gasteiger partial charge on any atom is 0.277 e. The number of nitrogens with zero attached hydrogens (tertiary/aromatic N) is 4. The molecule has 116 valence electrons. The lowest BCUT2D eigenvalue weighted by atomic mass is 10.2. The number of hydrogen-bond donors (Lipinski definition) is 2. The van der Waals surface area contributed by atoms with Gasteiger partial charge in [-0.05, 0) is 24.3 Å². The van der Waals surface area contributed by atoms with Crippen LogP contribution >= 0.6 is 0 Å². The van der Waals surface area contributed by atoms with Gasteiger partial charge in [-0.2, -0.15) is 0 Å². The van der Waals surface area contributed by atoms with Gasteiger partial charge < -0.3 is 10.4 Å². The van der Waals surface area contributed by atoms with Gasteiger partial charge in [0.2, 0.25) is 5.91 Å². The van der Waals surface area contributed by atoms with Crippen LogP contribution in [-0.4, -0.2) is 31.0 Å². The van der Waals surface area contributed by atoms with Crippen molar-refractivity contribution in [2.45, 2.75) is 13.0 Å². The van der Waals surface area contributed by atoms with Crippen molar-refractivity contribution in [1.82, 2.24) is 20.0 Å². The van der Waals surface area contributed by atoms with Gasteiger partial charge in [-0.3, -0.25) is 9.59 Å². The summed E-state index contributed by atoms with van der Waals surface area (Å²) in [5, 5.41) is 20.2. The van der Waals surface area contributed by atoms with E-state index in [2.05, 4.69) is 20.6 Å². The normalized spacial score (nSPS) is 10.6. The number of nitrogens with one attached hydrogen (secondary N) is 1. The molecule has 0 aliphatic heterocycles. The van der Waals surface area contributed by atoms with E-state index < -0.39 is 0 Å². The fourth-order valence-electron chi connectivity index (χ4n) is 2.06. The number of rotatable bonds is 4. The molecule has 2 N–H and O–H groups in total. The summed E-state index contributed by atoms with van der Waals surface area (Å²) in [5.41, 5.74) is 0.209. The Morgan fingerprint density at radius 2 is 2.04 bits per heavy atom. The third-order valence-corrected chi connectivity index (χ3v) is 3.22. The number of benzene rings is 1. The summed E-state index contributed by atoms with van der Waals surface area (Å²) in [6.45, 7) is 0.0795. The van der Waals surface area contributed by atoms with Crippen LogP contribution in [0.1, 0.15) is 6.42 Å². The molecule has 0 unspecified atom stereocenters. The monoisotopic (exact) mass is 311 g/mol. The molecule has 1 amide bonds. The first kappa shape index (κ1) is 14.6. The molecular weight excluding hydrogens is 298 g/mol. The van der Waals surface area contributed by atoms with Crippen molar-refractivity contribution in [3.63, 3.8) is 0 Å². The third-order valence-electron chi connectivity index (χ3n) is 3.22. The molecule has 0 fully saturated rings. The predicted molar refractivity (Wildman–Crippen MR) is 82.9 cm³/mol. The van der Waals surface area contributed by atoms with E-state index in [1.807, 2.05) is 0 Å². The van der Waals surface area contributed by atoms with Crippen LogP contribution in [0, 0.1) is 0 Å². The van der Waals surface area contributed by atoms with Crippen molar-refractivity contribution < 1.29 is 9.90 Å². The van der Waals surface area contributed by atoms with Crippen molar-refractivity contribution >= 4 is 22.6 Å². The lowest BCUT2D eigenvalue weighted by molar-refractivity contribution is -0.116. The molecule has 0 aliphatic carbocycles. The zero-order chi connectivity index (χ0) is 16.2. The lowest BCUT2D eigenvalue weighted by Gasteiger charge is -2.07.